The van der Waals surface area contributed by atoms with Gasteiger partial charge in [0, 0.05) is 23.5 Å². The second kappa shape index (κ2) is 9.66. The molecule has 2 aliphatic carbocycles. The molecule has 0 unspecified atom stereocenters. The van der Waals surface area contributed by atoms with Gasteiger partial charge in [0.25, 0.3) is 0 Å². The zero-order valence-corrected chi connectivity index (χ0v) is 26.0. The van der Waals surface area contributed by atoms with Gasteiger partial charge < -0.3 is 24.8 Å². The summed E-state index contributed by atoms with van der Waals surface area (Å²) in [6.45, 7) is 5.96. The highest BCUT2D eigenvalue weighted by atomic mass is 32.1. The lowest BCUT2D eigenvalue weighted by Gasteiger charge is -2.39. The van der Waals surface area contributed by atoms with Gasteiger partial charge in [0.2, 0.25) is 5.88 Å². The number of hydrogen-bond donors (Lipinski definition) is 1. The summed E-state index contributed by atoms with van der Waals surface area (Å²) in [5, 5.41) is 21.2. The second-order valence-electron chi connectivity index (χ2n) is 12.9. The van der Waals surface area contributed by atoms with Crippen LogP contribution < -0.4 is 15.4 Å². The van der Waals surface area contributed by atoms with Crippen LogP contribution in [0, 0.1) is 11.3 Å². The molecule has 8 rings (SSSR count). The zero-order chi connectivity index (χ0) is 29.6. The molecule has 43 heavy (non-hydrogen) atoms. The average molecular weight is 600 g/mol. The fourth-order valence-corrected chi connectivity index (χ4v) is 9.34. The molecule has 1 spiro atoms. The van der Waals surface area contributed by atoms with Gasteiger partial charge >= 0.3 is 0 Å². The predicted octanol–water partition coefficient (Wildman–Crippen LogP) is 4.83. The first-order valence-corrected chi connectivity index (χ1v) is 16.3. The van der Waals surface area contributed by atoms with Crippen molar-refractivity contribution in [2.75, 3.05) is 37.9 Å². The number of nitrogens with two attached hydrogens (primary N) is 1. The number of nitrogen functional groups attached to an aromatic ring is 1. The van der Waals surface area contributed by atoms with E-state index in [0.717, 1.165) is 85.2 Å². The third kappa shape index (κ3) is 3.73. The van der Waals surface area contributed by atoms with Crippen molar-refractivity contribution < 1.29 is 9.26 Å². The number of fused-ring (bicyclic) bond motifs is 4. The van der Waals surface area contributed by atoms with Crippen LogP contribution in [0.25, 0.3) is 22.6 Å². The summed E-state index contributed by atoms with van der Waals surface area (Å²) >= 11 is 1.56. The summed E-state index contributed by atoms with van der Waals surface area (Å²) < 4.78 is 14.6. The fraction of sp³-hybridized carbons (Fsp3) is 0.581. The largest absolute Gasteiger partial charge is 0.474 e. The molecule has 0 bridgehead atoms. The molecule has 1 fully saturated rings. The standard InChI is InChI=1S/C31H37N9O2S/c1-16-15-41-30-22-28(39(16)4)34-27(35-29(22)40(36-30)17(2)20-9-7-13-38(20)3)24-18-8-5-11-31(25(18)42-37-24)12-6-10-21-23(31)19(14-32)26(33)43-21/h16-17,20H,5-13,15,33H2,1-4H3/t16-,17+,20+,31+/m1/s1. The molecule has 224 valence electrons. The molecule has 0 radical (unpaired) electrons. The van der Waals surface area contributed by atoms with Crippen LogP contribution in [0.3, 0.4) is 0 Å². The molecule has 6 heterocycles. The molecule has 0 amide bonds. The van der Waals surface area contributed by atoms with Crippen LogP contribution in [0.2, 0.25) is 0 Å². The van der Waals surface area contributed by atoms with Crippen LogP contribution in [0.15, 0.2) is 4.52 Å². The number of hydrogen-bond acceptors (Lipinski definition) is 11. The molecule has 4 aromatic heterocycles. The Morgan fingerprint density at radius 3 is 2.74 bits per heavy atom. The monoisotopic (exact) mass is 599 g/mol. The van der Waals surface area contributed by atoms with E-state index in [-0.39, 0.29) is 12.1 Å². The predicted molar refractivity (Wildman–Crippen MR) is 165 cm³/mol. The van der Waals surface area contributed by atoms with Crippen LogP contribution in [-0.2, 0) is 18.3 Å². The van der Waals surface area contributed by atoms with Crippen LogP contribution >= 0.6 is 11.3 Å². The van der Waals surface area contributed by atoms with Gasteiger partial charge in [-0.25, -0.2) is 14.6 Å². The van der Waals surface area contributed by atoms with Gasteiger partial charge in [-0.15, -0.1) is 16.4 Å². The Kier molecular flexibility index (Phi) is 6.04. The highest BCUT2D eigenvalue weighted by Crippen LogP contribution is 2.55. The molecule has 4 aliphatic rings. The fourth-order valence-electron chi connectivity index (χ4n) is 8.18. The third-order valence-electron chi connectivity index (χ3n) is 10.5. The molecule has 12 heteroatoms. The normalized spacial score (nSPS) is 25.8. The first kappa shape index (κ1) is 26.9. The van der Waals surface area contributed by atoms with Crippen molar-refractivity contribution >= 4 is 33.2 Å². The molecule has 0 aromatic carbocycles. The van der Waals surface area contributed by atoms with Crippen molar-refractivity contribution in [2.45, 2.75) is 88.8 Å². The number of thiophene rings is 1. The summed E-state index contributed by atoms with van der Waals surface area (Å²) in [5.74, 6) is 2.80. The van der Waals surface area contributed by atoms with Gasteiger partial charge in [0.1, 0.15) is 28.9 Å². The van der Waals surface area contributed by atoms with E-state index in [0.29, 0.717) is 40.6 Å². The van der Waals surface area contributed by atoms with E-state index in [1.165, 1.54) is 11.3 Å². The summed E-state index contributed by atoms with van der Waals surface area (Å²) in [6, 6.07) is 2.99. The highest BCUT2D eigenvalue weighted by molar-refractivity contribution is 7.16. The maximum Gasteiger partial charge on any atom is 0.246 e. The van der Waals surface area contributed by atoms with E-state index >= 15 is 0 Å². The number of rotatable bonds is 3. The average Bonchev–Trinajstić information content (AvgIpc) is 3.77. The van der Waals surface area contributed by atoms with Crippen LogP contribution in [-0.4, -0.2) is 69.1 Å². The van der Waals surface area contributed by atoms with Gasteiger partial charge in [-0.1, -0.05) is 5.16 Å². The molecule has 2 aliphatic heterocycles. The Hall–Kier alpha value is -3.69. The second-order valence-corrected chi connectivity index (χ2v) is 14.0. The van der Waals surface area contributed by atoms with Crippen LogP contribution in [0.1, 0.15) is 85.7 Å². The molecular formula is C31H37N9O2S. The first-order chi connectivity index (χ1) is 20.8. The summed E-state index contributed by atoms with van der Waals surface area (Å²) in [7, 11) is 4.25. The Morgan fingerprint density at radius 2 is 1.98 bits per heavy atom. The smallest absolute Gasteiger partial charge is 0.246 e. The Balaban J connectivity index is 1.32. The van der Waals surface area contributed by atoms with Crippen molar-refractivity contribution in [1.29, 1.82) is 5.26 Å². The SMILES string of the molecule is C[C@@H]1COc2nn([C@@H](C)[C@@H]3CCCN3C)c3nc(-c4noc5c4CCC[C@@]54CCCc5sc(N)c(C#N)c54)nc(c23)N1C. The van der Waals surface area contributed by atoms with Crippen molar-refractivity contribution in [3.05, 3.63) is 27.3 Å². The first-order valence-electron chi connectivity index (χ1n) is 15.5. The van der Waals surface area contributed by atoms with Gasteiger partial charge in [-0.3, -0.25) is 0 Å². The van der Waals surface area contributed by atoms with Crippen LogP contribution in [0.4, 0.5) is 10.8 Å². The number of likely N-dealkylation sites (tertiary alicyclic amines) is 1. The highest BCUT2D eigenvalue weighted by Gasteiger charge is 2.49. The molecule has 1 saturated heterocycles. The molecule has 2 N–H and O–H groups in total. The Bertz CT molecular complexity index is 1800. The molecular weight excluding hydrogens is 562 g/mol. The molecule has 4 aromatic rings. The van der Waals surface area contributed by atoms with Crippen molar-refractivity contribution in [3.8, 4) is 23.5 Å². The minimum Gasteiger partial charge on any atom is -0.474 e. The number of aryl methyl sites for hydroxylation is 1. The summed E-state index contributed by atoms with van der Waals surface area (Å²) in [6.07, 6.45) is 7.89. The number of aromatic nitrogens is 5. The van der Waals surface area contributed by atoms with E-state index in [1.807, 2.05) is 4.68 Å². The Labute approximate surface area is 254 Å². The number of nitrogens with zero attached hydrogens (tertiary/aromatic N) is 8. The topological polar surface area (TPSA) is 135 Å². The number of anilines is 2. The number of ether oxygens (including phenoxy) is 1. The van der Waals surface area contributed by atoms with Crippen molar-refractivity contribution in [1.82, 2.24) is 29.8 Å². The van der Waals surface area contributed by atoms with Crippen molar-refractivity contribution in [2.24, 2.45) is 0 Å². The van der Waals surface area contributed by atoms with Gasteiger partial charge in [0.05, 0.1) is 23.1 Å². The quantitative estimate of drug-likeness (QED) is 0.349. The maximum absolute atomic E-state index is 10.1. The molecule has 4 atom stereocenters. The summed E-state index contributed by atoms with van der Waals surface area (Å²) in [4.78, 5) is 16.1. The zero-order valence-electron chi connectivity index (χ0n) is 25.2. The molecule has 0 saturated carbocycles. The van der Waals surface area contributed by atoms with E-state index < -0.39 is 5.41 Å². The molecule has 11 nitrogen and oxygen atoms in total. The lowest BCUT2D eigenvalue weighted by atomic mass is 9.63. The van der Waals surface area contributed by atoms with E-state index in [9.17, 15) is 5.26 Å². The number of nitriles is 1. The van der Waals surface area contributed by atoms with Crippen LogP contribution in [0.5, 0.6) is 5.88 Å². The maximum atomic E-state index is 10.1. The van der Waals surface area contributed by atoms with E-state index in [4.69, 9.17) is 35.2 Å². The third-order valence-corrected chi connectivity index (χ3v) is 11.6. The van der Waals surface area contributed by atoms with E-state index in [2.05, 4.69) is 43.8 Å². The van der Waals surface area contributed by atoms with Crippen molar-refractivity contribution in [3.63, 3.8) is 0 Å². The van der Waals surface area contributed by atoms with Gasteiger partial charge in [-0.2, -0.15) is 5.26 Å². The number of likely N-dealkylation sites (N-methyl/N-ethyl adjacent to an activating group) is 2. The lowest BCUT2D eigenvalue weighted by molar-refractivity contribution is 0.225. The minimum atomic E-state index is -0.392. The van der Waals surface area contributed by atoms with E-state index in [1.54, 1.807) is 11.3 Å². The van der Waals surface area contributed by atoms with Gasteiger partial charge in [-0.05, 0) is 84.4 Å². The summed E-state index contributed by atoms with van der Waals surface area (Å²) in [5.41, 5.74) is 10.2. The van der Waals surface area contributed by atoms with Gasteiger partial charge in [0.15, 0.2) is 22.9 Å². The lowest BCUT2D eigenvalue weighted by Crippen LogP contribution is -2.35. The minimum absolute atomic E-state index is 0.105. The Morgan fingerprint density at radius 1 is 1.16 bits per heavy atom.